The van der Waals surface area contributed by atoms with E-state index in [1.165, 1.54) is 69.0 Å². The summed E-state index contributed by atoms with van der Waals surface area (Å²) in [6.07, 6.45) is 7.38. The van der Waals surface area contributed by atoms with Crippen molar-refractivity contribution in [3.05, 3.63) is 70.4 Å². The molecular weight excluding hydrogens is 518 g/mol. The number of hydrogen-bond acceptors (Lipinski definition) is 4. The quantitative estimate of drug-likeness (QED) is 0.232. The number of fused-ring (bicyclic) bond motifs is 6. The molecule has 9 rings (SSSR count). The minimum Gasteiger partial charge on any atom is -0.493 e. The lowest BCUT2D eigenvalue weighted by Gasteiger charge is -2.64. The number of aromatic nitrogens is 1. The van der Waals surface area contributed by atoms with Crippen LogP contribution in [0.15, 0.2) is 42.5 Å². The molecule has 5 aliphatic rings. The Bertz CT molecular complexity index is 1840. The first-order valence-electron chi connectivity index (χ1n) is 16.0. The summed E-state index contributed by atoms with van der Waals surface area (Å²) in [4.78, 5) is 2.88. The third-order valence-corrected chi connectivity index (χ3v) is 12.0. The molecule has 2 bridgehead atoms. The SMILES string of the molecule is COc1ccc2c3c1O[C@H]1c4c(c5cc(C)c6ccccc6c5n4CCCC#N)C[C@@]4(C)[C@@H](C2)N(CC2CC2)CC[C@]314. The summed E-state index contributed by atoms with van der Waals surface area (Å²) in [5.41, 5.74) is 8.37. The third kappa shape index (κ3) is 2.97. The summed E-state index contributed by atoms with van der Waals surface area (Å²) in [6.45, 7) is 8.08. The van der Waals surface area contributed by atoms with E-state index >= 15 is 0 Å². The molecule has 1 saturated carbocycles. The highest BCUT2D eigenvalue weighted by atomic mass is 16.5. The minimum absolute atomic E-state index is 0.0493. The second-order valence-electron chi connectivity index (χ2n) is 14.0. The molecule has 42 heavy (non-hydrogen) atoms. The molecule has 4 atom stereocenters. The summed E-state index contributed by atoms with van der Waals surface area (Å²) < 4.78 is 15.9. The molecule has 5 nitrogen and oxygen atoms in total. The Kier molecular flexibility index (Phi) is 5.09. The van der Waals surface area contributed by atoms with Crippen molar-refractivity contribution in [3.8, 4) is 17.6 Å². The fourth-order valence-corrected chi connectivity index (χ4v) is 10.1. The van der Waals surface area contributed by atoms with Crippen LogP contribution in [0.3, 0.4) is 0 Å². The van der Waals surface area contributed by atoms with Gasteiger partial charge in [0.05, 0.1) is 29.8 Å². The van der Waals surface area contributed by atoms with Crippen molar-refractivity contribution in [1.29, 1.82) is 5.26 Å². The summed E-state index contributed by atoms with van der Waals surface area (Å²) in [6, 6.07) is 18.7. The van der Waals surface area contributed by atoms with E-state index in [9.17, 15) is 5.26 Å². The van der Waals surface area contributed by atoms with E-state index in [1.54, 1.807) is 7.11 Å². The molecule has 2 aliphatic heterocycles. The van der Waals surface area contributed by atoms with Gasteiger partial charge in [-0.1, -0.05) is 37.3 Å². The molecule has 3 aromatic carbocycles. The highest BCUT2D eigenvalue weighted by molar-refractivity contribution is 6.09. The van der Waals surface area contributed by atoms with E-state index in [-0.39, 0.29) is 16.9 Å². The molecule has 214 valence electrons. The average Bonchev–Trinajstić information content (AvgIpc) is 3.67. The van der Waals surface area contributed by atoms with Crippen LogP contribution in [-0.2, 0) is 24.8 Å². The lowest BCUT2D eigenvalue weighted by molar-refractivity contribution is -0.101. The second-order valence-corrected chi connectivity index (χ2v) is 14.0. The predicted molar refractivity (Wildman–Crippen MR) is 165 cm³/mol. The molecule has 1 aromatic heterocycles. The van der Waals surface area contributed by atoms with Gasteiger partial charge in [0.25, 0.3) is 0 Å². The number of ether oxygens (including phenoxy) is 2. The van der Waals surface area contributed by atoms with Crippen LogP contribution in [0.5, 0.6) is 11.5 Å². The van der Waals surface area contributed by atoms with Crippen LogP contribution in [0.2, 0.25) is 0 Å². The maximum atomic E-state index is 9.49. The lowest BCUT2D eigenvalue weighted by atomic mass is 9.44. The number of piperidine rings is 1. The zero-order valence-electron chi connectivity index (χ0n) is 25.0. The number of unbranched alkanes of at least 4 members (excludes halogenated alkanes) is 1. The van der Waals surface area contributed by atoms with E-state index in [1.807, 2.05) is 0 Å². The Labute approximate surface area is 248 Å². The molecule has 0 unspecified atom stereocenters. The van der Waals surface area contributed by atoms with Gasteiger partial charge in [0, 0.05) is 47.3 Å². The molecule has 0 amide bonds. The van der Waals surface area contributed by atoms with Crippen molar-refractivity contribution in [1.82, 2.24) is 9.47 Å². The van der Waals surface area contributed by atoms with Crippen LogP contribution in [0.25, 0.3) is 21.7 Å². The topological polar surface area (TPSA) is 50.4 Å². The molecule has 0 N–H and O–H groups in total. The van der Waals surface area contributed by atoms with Crippen molar-refractivity contribution in [2.75, 3.05) is 20.2 Å². The van der Waals surface area contributed by atoms with Crippen LogP contribution < -0.4 is 9.47 Å². The molecular formula is C37H39N3O2. The summed E-state index contributed by atoms with van der Waals surface area (Å²) in [5, 5.41) is 13.5. The number of aryl methyl sites for hydroxylation is 2. The van der Waals surface area contributed by atoms with Gasteiger partial charge in [0.2, 0.25) is 0 Å². The van der Waals surface area contributed by atoms with Gasteiger partial charge in [-0.2, -0.15) is 5.26 Å². The number of likely N-dealkylation sites (tertiary alicyclic amines) is 1. The normalized spacial score (nSPS) is 28.8. The summed E-state index contributed by atoms with van der Waals surface area (Å²) >= 11 is 0. The number of hydrogen-bond donors (Lipinski definition) is 0. The third-order valence-electron chi connectivity index (χ3n) is 12.0. The van der Waals surface area contributed by atoms with Gasteiger partial charge < -0.3 is 14.0 Å². The largest absolute Gasteiger partial charge is 0.493 e. The predicted octanol–water partition coefficient (Wildman–Crippen LogP) is 7.39. The zero-order valence-corrected chi connectivity index (χ0v) is 25.0. The molecule has 0 radical (unpaired) electrons. The van der Waals surface area contributed by atoms with Crippen LogP contribution >= 0.6 is 0 Å². The maximum Gasteiger partial charge on any atom is 0.166 e. The monoisotopic (exact) mass is 557 g/mol. The molecule has 1 saturated heterocycles. The minimum atomic E-state index is -0.0889. The molecule has 3 heterocycles. The number of nitriles is 1. The van der Waals surface area contributed by atoms with Crippen molar-refractivity contribution in [2.24, 2.45) is 11.3 Å². The van der Waals surface area contributed by atoms with Gasteiger partial charge in [-0.25, -0.2) is 0 Å². The Hall–Kier alpha value is -3.49. The molecule has 3 aliphatic carbocycles. The van der Waals surface area contributed by atoms with Gasteiger partial charge >= 0.3 is 0 Å². The molecule has 4 aromatic rings. The maximum absolute atomic E-state index is 9.49. The first-order chi connectivity index (χ1) is 20.5. The number of benzene rings is 3. The Morgan fingerprint density at radius 3 is 2.74 bits per heavy atom. The van der Waals surface area contributed by atoms with Crippen LogP contribution in [0.1, 0.15) is 73.1 Å². The first kappa shape index (κ1) is 25.0. The van der Waals surface area contributed by atoms with Crippen molar-refractivity contribution >= 4 is 21.7 Å². The van der Waals surface area contributed by atoms with E-state index < -0.39 is 0 Å². The highest BCUT2D eigenvalue weighted by Crippen LogP contribution is 2.72. The van der Waals surface area contributed by atoms with E-state index in [4.69, 9.17) is 9.47 Å². The Morgan fingerprint density at radius 2 is 1.95 bits per heavy atom. The van der Waals surface area contributed by atoms with Crippen LogP contribution in [0, 0.1) is 29.6 Å². The van der Waals surface area contributed by atoms with E-state index in [0.717, 1.165) is 56.2 Å². The van der Waals surface area contributed by atoms with E-state index in [2.05, 4.69) is 71.8 Å². The highest BCUT2D eigenvalue weighted by Gasteiger charge is 2.71. The van der Waals surface area contributed by atoms with Crippen LogP contribution in [0.4, 0.5) is 0 Å². The number of nitrogens with zero attached hydrogens (tertiary/aromatic N) is 3. The van der Waals surface area contributed by atoms with E-state index in [0.29, 0.717) is 12.5 Å². The zero-order chi connectivity index (χ0) is 28.4. The van der Waals surface area contributed by atoms with Crippen molar-refractivity contribution < 1.29 is 9.47 Å². The lowest BCUT2D eigenvalue weighted by Crippen LogP contribution is -2.69. The summed E-state index contributed by atoms with van der Waals surface area (Å²) in [7, 11) is 1.78. The first-order valence-corrected chi connectivity index (χ1v) is 16.0. The Morgan fingerprint density at radius 1 is 1.12 bits per heavy atom. The van der Waals surface area contributed by atoms with Crippen molar-refractivity contribution in [2.45, 2.75) is 82.9 Å². The van der Waals surface area contributed by atoms with Gasteiger partial charge in [-0.3, -0.25) is 4.90 Å². The number of rotatable bonds is 6. The Balaban J connectivity index is 1.36. The van der Waals surface area contributed by atoms with Crippen LogP contribution in [-0.4, -0.2) is 35.7 Å². The fourth-order valence-electron chi connectivity index (χ4n) is 10.1. The fraction of sp³-hybridized carbons (Fsp3) is 0.486. The summed E-state index contributed by atoms with van der Waals surface area (Å²) in [5.74, 6) is 2.73. The van der Waals surface area contributed by atoms with Gasteiger partial charge in [0.15, 0.2) is 11.5 Å². The molecule has 5 heteroatoms. The molecule has 2 fully saturated rings. The average molecular weight is 558 g/mol. The van der Waals surface area contributed by atoms with Gasteiger partial charge in [-0.15, -0.1) is 0 Å². The standard InChI is InChI=1S/C37H39N3O2/c1-22-18-27-28-20-36(2)30-19-24-12-13-29(41-3)34-31(24)37(36,14-17-39(30)21-23-10-11-23)35(42-34)33(28)40(16-7-6-15-38)32(27)26-9-5-4-8-25(22)26/h4-5,8-9,12-13,18,23,30,35H,6-7,10-11,14,16-17,19-21H2,1-3H3/t30-,35+,36+,37+/m1/s1. The second kappa shape index (κ2) is 8.54. The van der Waals surface area contributed by atoms with Gasteiger partial charge in [-0.05, 0) is 92.1 Å². The van der Waals surface area contributed by atoms with Crippen molar-refractivity contribution in [3.63, 3.8) is 0 Å². The smallest absolute Gasteiger partial charge is 0.166 e. The number of methoxy groups -OCH3 is 1. The van der Waals surface area contributed by atoms with Gasteiger partial charge in [0.1, 0.15) is 6.10 Å². The molecule has 1 spiro atoms.